The predicted octanol–water partition coefficient (Wildman–Crippen LogP) is 4.68. The second-order valence-corrected chi connectivity index (χ2v) is 10.5. The van der Waals surface area contributed by atoms with Crippen molar-refractivity contribution in [3.05, 3.63) is 53.6 Å². The van der Waals surface area contributed by atoms with Crippen LogP contribution in [0.25, 0.3) is 0 Å². The molecule has 2 saturated heterocycles. The smallest absolute Gasteiger partial charge is 0.251 e. The van der Waals surface area contributed by atoms with Gasteiger partial charge < -0.3 is 30.0 Å². The molecule has 0 saturated carbocycles. The third-order valence-electron chi connectivity index (χ3n) is 7.51. The van der Waals surface area contributed by atoms with Crippen molar-refractivity contribution in [1.29, 1.82) is 0 Å². The molecule has 2 aliphatic rings. The summed E-state index contributed by atoms with van der Waals surface area (Å²) < 4.78 is 18.0. The Hall–Kier alpha value is -2.19. The number of carbonyl (C=O) groups excluding carboxylic acids is 1. The summed E-state index contributed by atoms with van der Waals surface area (Å²) in [6, 6.07) is 7.48. The average Bonchev–Trinajstić information content (AvgIpc) is 2.88. The highest BCUT2D eigenvalue weighted by Crippen LogP contribution is 2.34. The molecular weight excluding hydrogens is 456 g/mol. The van der Waals surface area contributed by atoms with Crippen molar-refractivity contribution in [2.45, 2.75) is 83.5 Å². The van der Waals surface area contributed by atoms with Gasteiger partial charge in [-0.3, -0.25) is 4.79 Å². The molecule has 0 aliphatic carbocycles. The van der Waals surface area contributed by atoms with E-state index in [2.05, 4.69) is 42.7 Å². The van der Waals surface area contributed by atoms with Gasteiger partial charge in [0.05, 0.1) is 24.4 Å². The minimum Gasteiger partial charge on any atom is -0.396 e. The number of anilines is 1. The molecule has 200 valence electrons. The number of allylic oxidation sites excluding steroid dienone is 2. The quantitative estimate of drug-likeness (QED) is 0.427. The molecule has 7 atom stereocenters. The van der Waals surface area contributed by atoms with Crippen molar-refractivity contribution in [2.75, 3.05) is 26.1 Å². The van der Waals surface area contributed by atoms with E-state index in [0.717, 1.165) is 30.5 Å². The van der Waals surface area contributed by atoms with E-state index in [-0.39, 0.29) is 42.8 Å². The fourth-order valence-electron chi connectivity index (χ4n) is 5.15. The Kier molecular flexibility index (Phi) is 10.1. The Morgan fingerprint density at radius 2 is 2.08 bits per heavy atom. The van der Waals surface area contributed by atoms with Gasteiger partial charge in [-0.05, 0) is 70.1 Å². The van der Waals surface area contributed by atoms with Crippen LogP contribution in [0.1, 0.15) is 63.7 Å². The van der Waals surface area contributed by atoms with Crippen molar-refractivity contribution in [3.8, 4) is 0 Å². The normalized spacial score (nSPS) is 33.5. The Labute approximate surface area is 216 Å². The minimum absolute atomic E-state index is 0.0232. The molecule has 0 bridgehead atoms. The Morgan fingerprint density at radius 1 is 1.31 bits per heavy atom. The number of hydrogen-bond acceptors (Lipinski definition) is 6. The van der Waals surface area contributed by atoms with E-state index < -0.39 is 5.79 Å². The van der Waals surface area contributed by atoms with E-state index in [1.165, 1.54) is 0 Å². The lowest BCUT2D eigenvalue weighted by Crippen LogP contribution is -2.50. The molecule has 0 aromatic heterocycles. The van der Waals surface area contributed by atoms with E-state index in [1.54, 1.807) is 7.11 Å². The molecule has 1 unspecified atom stereocenters. The zero-order valence-corrected chi connectivity index (χ0v) is 22.6. The minimum atomic E-state index is -0.665. The third kappa shape index (κ3) is 7.65. The standard InChI is InChI=1S/C29H44N2O5/c1-19(10-12-25-15-22(18-32)17-29(4,34-6)36-25)11-13-27-20(2)14-26(21(3)35-27)31-28(33)23-8-7-9-24(16-23)30-5/h7-12,16,20-22,25-27,30,32H,13-15,17-18H2,1-6H3,(H,31,33)/b12-10+,19-11+/t20-,21+,22?,25+,26+,27-,29+/m0/s1. The zero-order valence-electron chi connectivity index (χ0n) is 22.6. The molecule has 1 amide bonds. The van der Waals surface area contributed by atoms with Gasteiger partial charge >= 0.3 is 0 Å². The lowest BCUT2D eigenvalue weighted by Gasteiger charge is -2.40. The average molecular weight is 501 g/mol. The molecule has 2 fully saturated rings. The number of ether oxygens (including phenoxy) is 3. The van der Waals surface area contributed by atoms with Gasteiger partial charge in [0, 0.05) is 38.4 Å². The molecular formula is C29H44N2O5. The first-order chi connectivity index (χ1) is 17.2. The van der Waals surface area contributed by atoms with Gasteiger partial charge in [0.15, 0.2) is 5.79 Å². The lowest BCUT2D eigenvalue weighted by molar-refractivity contribution is -0.260. The number of rotatable bonds is 9. The number of nitrogens with one attached hydrogen (secondary N) is 2. The highest BCUT2D eigenvalue weighted by molar-refractivity contribution is 5.95. The molecule has 1 aromatic carbocycles. The van der Waals surface area contributed by atoms with E-state index in [1.807, 2.05) is 45.2 Å². The number of carbonyl (C=O) groups is 1. The fourth-order valence-corrected chi connectivity index (χ4v) is 5.15. The predicted molar refractivity (Wildman–Crippen MR) is 143 cm³/mol. The molecule has 0 radical (unpaired) electrons. The van der Waals surface area contributed by atoms with Gasteiger partial charge in [0.25, 0.3) is 5.91 Å². The number of aliphatic hydroxyl groups is 1. The van der Waals surface area contributed by atoms with Gasteiger partial charge in [-0.1, -0.05) is 36.8 Å². The molecule has 3 N–H and O–H groups in total. The van der Waals surface area contributed by atoms with E-state index in [9.17, 15) is 9.90 Å². The van der Waals surface area contributed by atoms with Crippen LogP contribution < -0.4 is 10.6 Å². The first-order valence-corrected chi connectivity index (χ1v) is 13.1. The van der Waals surface area contributed by atoms with Crippen molar-refractivity contribution in [2.24, 2.45) is 11.8 Å². The first kappa shape index (κ1) is 28.4. The van der Waals surface area contributed by atoms with Gasteiger partial charge in [-0.2, -0.15) is 0 Å². The summed E-state index contributed by atoms with van der Waals surface area (Å²) in [6.07, 6.45) is 9.46. The van der Waals surface area contributed by atoms with E-state index >= 15 is 0 Å². The molecule has 36 heavy (non-hydrogen) atoms. The number of hydrogen-bond donors (Lipinski definition) is 3. The fraction of sp³-hybridized carbons (Fsp3) is 0.621. The van der Waals surface area contributed by atoms with Crippen LogP contribution in [-0.4, -0.2) is 61.9 Å². The summed E-state index contributed by atoms with van der Waals surface area (Å²) >= 11 is 0. The summed E-state index contributed by atoms with van der Waals surface area (Å²) in [6.45, 7) is 8.37. The van der Waals surface area contributed by atoms with Crippen molar-refractivity contribution in [3.63, 3.8) is 0 Å². The molecule has 3 rings (SSSR count). The van der Waals surface area contributed by atoms with Crippen molar-refractivity contribution < 1.29 is 24.1 Å². The number of benzene rings is 1. The zero-order chi connectivity index (χ0) is 26.3. The summed E-state index contributed by atoms with van der Waals surface area (Å²) in [5.41, 5.74) is 2.70. The van der Waals surface area contributed by atoms with Crippen LogP contribution in [0, 0.1) is 11.8 Å². The lowest BCUT2D eigenvalue weighted by atomic mass is 9.87. The van der Waals surface area contributed by atoms with Crippen LogP contribution in [0.4, 0.5) is 5.69 Å². The first-order valence-electron chi connectivity index (χ1n) is 13.1. The SMILES string of the molecule is CNc1cccc(C(=O)N[C@@H]2C[C@H](C)[C@H](C/C=C(C)/C=C/[C@@H]3CC(CO)C[C@](C)(OC)O3)O[C@@H]2C)c1. The number of methoxy groups -OCH3 is 1. The highest BCUT2D eigenvalue weighted by atomic mass is 16.7. The van der Waals surface area contributed by atoms with Gasteiger partial charge in [0.1, 0.15) is 0 Å². The second-order valence-electron chi connectivity index (χ2n) is 10.5. The number of aliphatic hydroxyl groups excluding tert-OH is 1. The summed E-state index contributed by atoms with van der Waals surface area (Å²) in [4.78, 5) is 12.8. The molecule has 0 spiro atoms. The summed E-state index contributed by atoms with van der Waals surface area (Å²) in [5.74, 6) is -0.252. The summed E-state index contributed by atoms with van der Waals surface area (Å²) in [7, 11) is 3.49. The molecule has 1 aromatic rings. The maximum absolute atomic E-state index is 12.8. The van der Waals surface area contributed by atoms with Crippen LogP contribution in [-0.2, 0) is 14.2 Å². The van der Waals surface area contributed by atoms with E-state index in [0.29, 0.717) is 17.9 Å². The largest absolute Gasteiger partial charge is 0.396 e. The topological polar surface area (TPSA) is 89.1 Å². The number of amides is 1. The molecule has 2 aliphatic heterocycles. The maximum Gasteiger partial charge on any atom is 0.251 e. The molecule has 7 nitrogen and oxygen atoms in total. The van der Waals surface area contributed by atoms with Crippen LogP contribution in [0.2, 0.25) is 0 Å². The van der Waals surface area contributed by atoms with Gasteiger partial charge in [-0.25, -0.2) is 0 Å². The third-order valence-corrected chi connectivity index (χ3v) is 7.51. The van der Waals surface area contributed by atoms with Crippen LogP contribution >= 0.6 is 0 Å². The Morgan fingerprint density at radius 3 is 2.78 bits per heavy atom. The second kappa shape index (κ2) is 12.9. The van der Waals surface area contributed by atoms with Gasteiger partial charge in [0.2, 0.25) is 0 Å². The Bertz CT molecular complexity index is 932. The maximum atomic E-state index is 12.8. The van der Waals surface area contributed by atoms with Crippen LogP contribution in [0.5, 0.6) is 0 Å². The van der Waals surface area contributed by atoms with Crippen molar-refractivity contribution >= 4 is 11.6 Å². The highest BCUT2D eigenvalue weighted by Gasteiger charge is 2.37. The molecule has 7 heteroatoms. The Balaban J connectivity index is 1.52. The van der Waals surface area contributed by atoms with Crippen LogP contribution in [0.15, 0.2) is 48.1 Å². The van der Waals surface area contributed by atoms with E-state index in [4.69, 9.17) is 14.2 Å². The summed E-state index contributed by atoms with van der Waals surface area (Å²) in [5, 5.41) is 15.9. The van der Waals surface area contributed by atoms with Gasteiger partial charge in [-0.15, -0.1) is 0 Å². The van der Waals surface area contributed by atoms with Crippen molar-refractivity contribution in [1.82, 2.24) is 5.32 Å². The monoisotopic (exact) mass is 500 g/mol. The molecule has 2 heterocycles. The van der Waals surface area contributed by atoms with Crippen LogP contribution in [0.3, 0.4) is 0 Å².